The van der Waals surface area contributed by atoms with Crippen LogP contribution in [-0.2, 0) is 4.79 Å². The molecule has 0 saturated heterocycles. The molecule has 2 atom stereocenters. The number of benzene rings is 1. The summed E-state index contributed by atoms with van der Waals surface area (Å²) in [6, 6.07) is 6.35. The third-order valence-electron chi connectivity index (χ3n) is 2.97. The fourth-order valence-corrected chi connectivity index (χ4v) is 2.18. The summed E-state index contributed by atoms with van der Waals surface area (Å²) in [4.78, 5) is 21.8. The first-order chi connectivity index (χ1) is 8.09. The van der Waals surface area contributed by atoms with Gasteiger partial charge in [0, 0.05) is 16.9 Å². The van der Waals surface area contributed by atoms with Crippen LogP contribution in [0.3, 0.4) is 0 Å². The average molecular weight is 235 g/mol. The van der Waals surface area contributed by atoms with Gasteiger partial charge in [-0.05, 0) is 13.0 Å². The van der Waals surface area contributed by atoms with Crippen molar-refractivity contribution < 1.29 is 14.5 Å². The molecule has 0 N–H and O–H groups in total. The smallest absolute Gasteiger partial charge is 0.253 e. The fourth-order valence-electron chi connectivity index (χ4n) is 2.18. The van der Waals surface area contributed by atoms with Crippen molar-refractivity contribution in [3.8, 4) is 5.75 Å². The summed E-state index contributed by atoms with van der Waals surface area (Å²) in [5.41, 5.74) is 0.760. The minimum absolute atomic E-state index is 0.0297. The minimum atomic E-state index is -0.839. The van der Waals surface area contributed by atoms with Gasteiger partial charge in [-0.3, -0.25) is 10.1 Å². The first-order valence-corrected chi connectivity index (χ1v) is 5.44. The van der Waals surface area contributed by atoms with Crippen LogP contribution >= 0.6 is 0 Å². The van der Waals surface area contributed by atoms with E-state index < -0.39 is 6.04 Å². The van der Waals surface area contributed by atoms with Crippen molar-refractivity contribution in [2.24, 2.45) is 0 Å². The van der Waals surface area contributed by atoms with Crippen molar-refractivity contribution in [2.75, 3.05) is 6.61 Å². The molecule has 0 spiro atoms. The topological polar surface area (TPSA) is 69.4 Å². The Morgan fingerprint density at radius 1 is 1.53 bits per heavy atom. The van der Waals surface area contributed by atoms with Gasteiger partial charge in [0.15, 0.2) is 6.61 Å². The van der Waals surface area contributed by atoms with Crippen LogP contribution in [0, 0.1) is 10.1 Å². The molecule has 2 rings (SSSR count). The number of nitrogens with zero attached hydrogens (tertiary/aromatic N) is 1. The van der Waals surface area contributed by atoms with Crippen LogP contribution in [0.1, 0.15) is 24.8 Å². The third-order valence-corrected chi connectivity index (χ3v) is 2.97. The molecule has 0 aromatic heterocycles. The van der Waals surface area contributed by atoms with Gasteiger partial charge < -0.3 is 9.53 Å². The van der Waals surface area contributed by atoms with Crippen LogP contribution in [0.2, 0.25) is 0 Å². The predicted molar refractivity (Wildman–Crippen MR) is 60.8 cm³/mol. The van der Waals surface area contributed by atoms with Gasteiger partial charge in [0.05, 0.1) is 5.92 Å². The Labute approximate surface area is 98.5 Å². The first kappa shape index (κ1) is 11.6. The van der Waals surface area contributed by atoms with Gasteiger partial charge in [-0.15, -0.1) is 0 Å². The second-order valence-corrected chi connectivity index (χ2v) is 4.21. The van der Waals surface area contributed by atoms with Gasteiger partial charge in [0.25, 0.3) is 6.04 Å². The maximum absolute atomic E-state index is 11.2. The van der Waals surface area contributed by atoms with E-state index in [1.807, 2.05) is 6.07 Å². The van der Waals surface area contributed by atoms with Crippen molar-refractivity contribution in [3.05, 3.63) is 39.9 Å². The Morgan fingerprint density at radius 3 is 2.88 bits per heavy atom. The highest BCUT2D eigenvalue weighted by Gasteiger charge is 2.39. The second kappa shape index (κ2) is 4.53. The maximum Gasteiger partial charge on any atom is 0.253 e. The quantitative estimate of drug-likeness (QED) is 0.591. The number of carbonyl (C=O) groups is 1. The summed E-state index contributed by atoms with van der Waals surface area (Å²) < 4.78 is 5.36. The van der Waals surface area contributed by atoms with Crippen molar-refractivity contribution in [2.45, 2.75) is 25.3 Å². The van der Waals surface area contributed by atoms with Crippen molar-refractivity contribution in [1.29, 1.82) is 0 Å². The number of hydrogen-bond donors (Lipinski definition) is 0. The van der Waals surface area contributed by atoms with E-state index in [0.717, 1.165) is 5.56 Å². The zero-order chi connectivity index (χ0) is 12.4. The van der Waals surface area contributed by atoms with E-state index in [1.54, 1.807) is 18.2 Å². The molecule has 0 amide bonds. The Kier molecular flexibility index (Phi) is 3.08. The first-order valence-electron chi connectivity index (χ1n) is 5.44. The molecule has 0 bridgehead atoms. The Balaban J connectivity index is 2.38. The molecule has 2 unspecified atom stereocenters. The van der Waals surface area contributed by atoms with E-state index in [9.17, 15) is 14.9 Å². The largest absolute Gasteiger partial charge is 0.486 e. The number of para-hydroxylation sites is 1. The normalized spacial score (nSPS) is 22.4. The predicted octanol–water partition coefficient (Wildman–Crippen LogP) is 1.79. The number of carbonyl (C=O) groups excluding carboxylic acids is 1. The van der Waals surface area contributed by atoms with Crippen LogP contribution in [0.15, 0.2) is 24.3 Å². The van der Waals surface area contributed by atoms with Crippen LogP contribution in [0.4, 0.5) is 0 Å². The number of nitro groups is 1. The number of fused-ring (bicyclic) bond motifs is 1. The maximum atomic E-state index is 11.2. The monoisotopic (exact) mass is 235 g/mol. The molecular weight excluding hydrogens is 222 g/mol. The molecule has 0 saturated carbocycles. The molecule has 1 aliphatic heterocycles. The molecule has 0 fully saturated rings. The van der Waals surface area contributed by atoms with Crippen molar-refractivity contribution >= 4 is 5.78 Å². The Morgan fingerprint density at radius 2 is 2.24 bits per heavy atom. The highest BCUT2D eigenvalue weighted by Crippen LogP contribution is 2.36. The fraction of sp³-hybridized carbons (Fsp3) is 0.417. The molecule has 5 heteroatoms. The van der Waals surface area contributed by atoms with Gasteiger partial charge >= 0.3 is 0 Å². The summed E-state index contributed by atoms with van der Waals surface area (Å²) in [5.74, 6) is 0.225. The highest BCUT2D eigenvalue weighted by molar-refractivity contribution is 5.76. The van der Waals surface area contributed by atoms with E-state index >= 15 is 0 Å². The lowest BCUT2D eigenvalue weighted by Crippen LogP contribution is -2.38. The number of ether oxygens (including phenoxy) is 1. The number of hydrogen-bond acceptors (Lipinski definition) is 4. The van der Waals surface area contributed by atoms with Gasteiger partial charge in [-0.1, -0.05) is 18.2 Å². The molecule has 0 radical (unpaired) electrons. The van der Waals surface area contributed by atoms with E-state index in [4.69, 9.17) is 4.74 Å². The highest BCUT2D eigenvalue weighted by atomic mass is 16.6. The van der Waals surface area contributed by atoms with Crippen molar-refractivity contribution in [1.82, 2.24) is 0 Å². The zero-order valence-corrected chi connectivity index (χ0v) is 9.46. The lowest BCUT2D eigenvalue weighted by Gasteiger charge is -2.27. The summed E-state index contributed by atoms with van der Waals surface area (Å²) in [6.07, 6.45) is 0.187. The molecule has 1 aliphatic rings. The van der Waals surface area contributed by atoms with Crippen LogP contribution < -0.4 is 4.74 Å². The van der Waals surface area contributed by atoms with Gasteiger partial charge in [-0.2, -0.15) is 0 Å². The lowest BCUT2D eigenvalue weighted by molar-refractivity contribution is -0.530. The van der Waals surface area contributed by atoms with E-state index in [2.05, 4.69) is 0 Å². The van der Waals surface area contributed by atoms with Gasteiger partial charge in [0.1, 0.15) is 11.5 Å². The van der Waals surface area contributed by atoms with Crippen LogP contribution in [-0.4, -0.2) is 23.4 Å². The number of ketones is 1. The van der Waals surface area contributed by atoms with Gasteiger partial charge in [0.2, 0.25) is 0 Å². The van der Waals surface area contributed by atoms with Gasteiger partial charge in [-0.25, -0.2) is 0 Å². The summed E-state index contributed by atoms with van der Waals surface area (Å²) in [6.45, 7) is 1.48. The molecule has 1 heterocycles. The standard InChI is InChI=1S/C12H13NO4/c1-8(14)6-10-9-4-2-3-5-12(9)17-7-11(10)13(15)16/h2-5,10-11H,6-7H2,1H3. The van der Waals surface area contributed by atoms with E-state index in [0.29, 0.717) is 5.75 Å². The Bertz CT molecular complexity index is 458. The summed E-state index contributed by atoms with van der Waals surface area (Å²) in [7, 11) is 0. The SMILES string of the molecule is CC(=O)CC1c2ccccc2OCC1[N+](=O)[O-]. The average Bonchev–Trinajstić information content (AvgIpc) is 2.28. The van der Waals surface area contributed by atoms with E-state index in [1.165, 1.54) is 6.92 Å². The number of Topliss-reactive ketones (excluding diaryl/α,β-unsaturated/α-hetero) is 1. The molecule has 0 aliphatic carbocycles. The third kappa shape index (κ3) is 2.27. The Hall–Kier alpha value is -1.91. The summed E-state index contributed by atoms with van der Waals surface area (Å²) >= 11 is 0. The van der Waals surface area contributed by atoms with Crippen molar-refractivity contribution in [3.63, 3.8) is 0 Å². The lowest BCUT2D eigenvalue weighted by atomic mass is 9.85. The molecule has 1 aromatic carbocycles. The molecular formula is C12H13NO4. The summed E-state index contributed by atoms with van der Waals surface area (Å²) in [5, 5.41) is 11.0. The zero-order valence-electron chi connectivity index (χ0n) is 9.46. The molecule has 5 nitrogen and oxygen atoms in total. The van der Waals surface area contributed by atoms with Crippen LogP contribution in [0.25, 0.3) is 0 Å². The second-order valence-electron chi connectivity index (χ2n) is 4.21. The molecule has 1 aromatic rings. The van der Waals surface area contributed by atoms with Crippen LogP contribution in [0.5, 0.6) is 5.75 Å². The molecule has 17 heavy (non-hydrogen) atoms. The number of rotatable bonds is 3. The van der Waals surface area contributed by atoms with E-state index in [-0.39, 0.29) is 29.7 Å². The minimum Gasteiger partial charge on any atom is -0.486 e. The molecule has 90 valence electrons.